The molecule has 3 heteroatoms. The van der Waals surface area contributed by atoms with Crippen LogP contribution >= 0.6 is 0 Å². The van der Waals surface area contributed by atoms with Gasteiger partial charge in [0, 0.05) is 41.5 Å². The average Bonchev–Trinajstić information content (AvgIpc) is 3.31. The summed E-state index contributed by atoms with van der Waals surface area (Å²) in [4.78, 5) is 0. The Labute approximate surface area is 192 Å². The molecule has 0 saturated heterocycles. The second kappa shape index (κ2) is 6.21. The second-order valence-corrected chi connectivity index (χ2v) is 20.8. The Bertz CT molecular complexity index is 986. The average molecular weight is 455 g/mol. The molecule has 0 radical (unpaired) electrons. The summed E-state index contributed by atoms with van der Waals surface area (Å²) in [5.41, 5.74) is 10.3. The van der Waals surface area contributed by atoms with Gasteiger partial charge in [-0.15, -0.1) is 0 Å². The molecule has 0 heterocycles. The zero-order valence-corrected chi connectivity index (χ0v) is 23.2. The first kappa shape index (κ1) is 20.0. The highest BCUT2D eigenvalue weighted by atomic mass is 28.3. The van der Waals surface area contributed by atoms with E-state index in [1.165, 1.54) is 0 Å². The topological polar surface area (TPSA) is 0 Å². The SMILES string of the molecule is C[SiH](C)C12c3ccccc3C3([SiH](C)C)c4ccccc4C([SiH](C)C)(c4ccccc41)C23. The van der Waals surface area contributed by atoms with E-state index in [0.29, 0.717) is 5.92 Å². The Balaban J connectivity index is 1.93. The lowest BCUT2D eigenvalue weighted by Gasteiger charge is -2.47. The molecular weight excluding hydrogens is 421 g/mol. The largest absolute Gasteiger partial charge is 0.0711 e. The normalized spacial score (nSPS) is 31.8. The van der Waals surface area contributed by atoms with E-state index < -0.39 is 26.4 Å². The first-order valence-electron chi connectivity index (χ1n) is 12.2. The Morgan fingerprint density at radius 1 is 0.419 bits per heavy atom. The number of hydrogen-bond donors (Lipinski definition) is 0. The van der Waals surface area contributed by atoms with E-state index in [0.717, 1.165) is 0 Å². The summed E-state index contributed by atoms with van der Waals surface area (Å²) in [5, 5.41) is 0.752. The van der Waals surface area contributed by atoms with Crippen molar-refractivity contribution < 1.29 is 0 Å². The van der Waals surface area contributed by atoms with Gasteiger partial charge in [-0.05, 0) is 39.3 Å². The van der Waals surface area contributed by atoms with E-state index in [4.69, 9.17) is 0 Å². The minimum atomic E-state index is -1.12. The first-order valence-corrected chi connectivity index (χ1v) is 20.8. The molecule has 0 amide bonds. The fraction of sp³-hybridized carbons (Fsp3) is 0.357. The van der Waals surface area contributed by atoms with Gasteiger partial charge in [0.25, 0.3) is 0 Å². The van der Waals surface area contributed by atoms with Crippen LogP contribution in [0.4, 0.5) is 0 Å². The Morgan fingerprint density at radius 3 is 0.774 bits per heavy atom. The number of benzene rings is 3. The van der Waals surface area contributed by atoms with Crippen LogP contribution in [-0.2, 0) is 15.1 Å². The lowest BCUT2D eigenvalue weighted by molar-refractivity contribution is 0.368. The molecule has 0 atom stereocenters. The zero-order chi connectivity index (χ0) is 21.8. The van der Waals surface area contributed by atoms with E-state index in [1.54, 1.807) is 33.4 Å². The smallest absolute Gasteiger partial charge is 0.0487 e. The molecular formula is C28H34Si3. The van der Waals surface area contributed by atoms with Gasteiger partial charge >= 0.3 is 0 Å². The fourth-order valence-corrected chi connectivity index (χ4v) is 18.3. The second-order valence-electron chi connectivity index (χ2n) is 11.1. The van der Waals surface area contributed by atoms with Gasteiger partial charge in [0.05, 0.1) is 0 Å². The molecule has 0 unspecified atom stereocenters. The minimum absolute atomic E-state index is 0.251. The summed E-state index contributed by atoms with van der Waals surface area (Å²) < 4.78 is 0. The third-order valence-corrected chi connectivity index (χ3v) is 17.9. The molecule has 0 nitrogen and oxygen atoms in total. The molecule has 0 aliphatic heterocycles. The van der Waals surface area contributed by atoms with Crippen LogP contribution in [0.25, 0.3) is 0 Å². The summed E-state index contributed by atoms with van der Waals surface area (Å²) in [5.74, 6) is 0.699. The maximum absolute atomic E-state index is 2.65. The van der Waals surface area contributed by atoms with Crippen LogP contribution in [0.2, 0.25) is 39.3 Å². The summed E-state index contributed by atoms with van der Waals surface area (Å²) >= 11 is 0. The van der Waals surface area contributed by atoms with Gasteiger partial charge in [0.15, 0.2) is 0 Å². The molecule has 6 rings (SSSR count). The zero-order valence-electron chi connectivity index (χ0n) is 19.7. The molecule has 3 aliphatic carbocycles. The highest BCUT2D eigenvalue weighted by molar-refractivity contribution is 6.68. The number of fused-ring (bicyclic) bond motifs is 9. The van der Waals surface area contributed by atoms with Crippen molar-refractivity contribution in [2.24, 2.45) is 5.92 Å². The van der Waals surface area contributed by atoms with Crippen LogP contribution in [0.1, 0.15) is 33.4 Å². The molecule has 0 aromatic heterocycles. The molecule has 0 spiro atoms. The number of hydrogen-bond acceptors (Lipinski definition) is 0. The lowest BCUT2D eigenvalue weighted by atomic mass is 9.83. The Kier molecular flexibility index (Phi) is 4.00. The van der Waals surface area contributed by atoms with Crippen molar-refractivity contribution in [2.45, 2.75) is 54.4 Å². The molecule has 158 valence electrons. The van der Waals surface area contributed by atoms with Crippen LogP contribution < -0.4 is 0 Å². The van der Waals surface area contributed by atoms with Gasteiger partial charge in [-0.2, -0.15) is 0 Å². The standard InChI is InChI=1S/C28H34Si3/c1-29(2)26-19-13-7-9-15-21(19)27(30(3)4)23-17-11-12-18-24(23)28(25(26)27,31(5)6)22-16-10-8-14-20(22)26/h7-18,25,29-31H,1-6H3. The van der Waals surface area contributed by atoms with Crippen molar-refractivity contribution in [1.82, 2.24) is 0 Å². The van der Waals surface area contributed by atoms with Crippen molar-refractivity contribution >= 4 is 26.4 Å². The third kappa shape index (κ3) is 1.84. The first-order chi connectivity index (χ1) is 14.9. The van der Waals surface area contributed by atoms with E-state index in [9.17, 15) is 0 Å². The van der Waals surface area contributed by atoms with Crippen LogP contribution in [0.15, 0.2) is 72.8 Å². The van der Waals surface area contributed by atoms with Gasteiger partial charge in [-0.3, -0.25) is 0 Å². The fourth-order valence-electron chi connectivity index (χ4n) is 8.93. The van der Waals surface area contributed by atoms with Crippen molar-refractivity contribution in [2.75, 3.05) is 0 Å². The molecule has 3 aromatic carbocycles. The van der Waals surface area contributed by atoms with Crippen LogP contribution in [0, 0.1) is 5.92 Å². The van der Waals surface area contributed by atoms with E-state index in [1.807, 2.05) is 0 Å². The maximum Gasteiger partial charge on any atom is 0.0487 e. The molecule has 0 N–H and O–H groups in total. The molecule has 3 aliphatic rings. The summed E-state index contributed by atoms with van der Waals surface area (Å²) in [6.45, 7) is 15.9. The van der Waals surface area contributed by atoms with Crippen LogP contribution in [0.5, 0.6) is 0 Å². The quantitative estimate of drug-likeness (QED) is 0.453. The predicted octanol–water partition coefficient (Wildman–Crippen LogP) is 5.58. The van der Waals surface area contributed by atoms with Gasteiger partial charge < -0.3 is 0 Å². The van der Waals surface area contributed by atoms with Crippen molar-refractivity contribution in [3.05, 3.63) is 106 Å². The van der Waals surface area contributed by atoms with Crippen LogP contribution in [0.3, 0.4) is 0 Å². The third-order valence-electron chi connectivity index (χ3n) is 9.55. The van der Waals surface area contributed by atoms with Gasteiger partial charge in [-0.1, -0.05) is 112 Å². The van der Waals surface area contributed by atoms with Gasteiger partial charge in [-0.25, -0.2) is 0 Å². The summed E-state index contributed by atoms with van der Waals surface area (Å²) in [6.07, 6.45) is 0. The predicted molar refractivity (Wildman–Crippen MR) is 142 cm³/mol. The van der Waals surface area contributed by atoms with E-state index in [-0.39, 0.29) is 15.1 Å². The lowest BCUT2D eigenvalue weighted by Crippen LogP contribution is -2.56. The van der Waals surface area contributed by atoms with Gasteiger partial charge in [0.1, 0.15) is 0 Å². The molecule has 0 saturated carbocycles. The van der Waals surface area contributed by atoms with Crippen molar-refractivity contribution in [3.8, 4) is 0 Å². The highest BCUT2D eigenvalue weighted by Crippen LogP contribution is 2.77. The maximum atomic E-state index is 2.65. The van der Waals surface area contributed by atoms with E-state index >= 15 is 0 Å². The summed E-state index contributed by atoms with van der Waals surface area (Å²) in [6, 6.07) is 29.2. The monoisotopic (exact) mass is 454 g/mol. The summed E-state index contributed by atoms with van der Waals surface area (Å²) in [7, 11) is -3.37. The molecule has 3 aromatic rings. The van der Waals surface area contributed by atoms with Crippen molar-refractivity contribution in [1.29, 1.82) is 0 Å². The van der Waals surface area contributed by atoms with Gasteiger partial charge in [0.2, 0.25) is 0 Å². The molecule has 0 fully saturated rings. The molecule has 0 bridgehead atoms. The van der Waals surface area contributed by atoms with E-state index in [2.05, 4.69) is 112 Å². The molecule has 31 heavy (non-hydrogen) atoms. The number of rotatable bonds is 3. The highest BCUT2D eigenvalue weighted by Gasteiger charge is 2.78. The Hall–Kier alpha value is -1.69. The van der Waals surface area contributed by atoms with Crippen LogP contribution in [-0.4, -0.2) is 26.4 Å². The van der Waals surface area contributed by atoms with Crippen molar-refractivity contribution in [3.63, 3.8) is 0 Å². The minimum Gasteiger partial charge on any atom is -0.0711 e. The Morgan fingerprint density at radius 2 is 0.613 bits per heavy atom.